The maximum absolute atomic E-state index is 11.6. The number of hydrogen-bond acceptors (Lipinski definition) is 3. The van der Waals surface area contributed by atoms with Crippen molar-refractivity contribution >= 4 is 6.09 Å². The molecule has 0 aromatic rings. The first-order chi connectivity index (χ1) is 6.91. The summed E-state index contributed by atoms with van der Waals surface area (Å²) >= 11 is 0. The Morgan fingerprint density at radius 1 is 1.47 bits per heavy atom. The number of ether oxygens (including phenoxy) is 1. The molecule has 2 aliphatic rings. The molecule has 1 aliphatic carbocycles. The molecule has 4 nitrogen and oxygen atoms in total. The quantitative estimate of drug-likeness (QED) is 0.691. The van der Waals surface area contributed by atoms with Crippen molar-refractivity contribution in [2.24, 2.45) is 0 Å². The standard InChI is InChI=1S/C11H20N2O2/c1-10(2,3)15-9(14)13-8-4-7-12-11(8)5-6-11/h8,12H,4-7H2,1-3H3,(H,13,14). The minimum atomic E-state index is -0.410. The molecule has 1 atom stereocenters. The lowest BCUT2D eigenvalue weighted by atomic mass is 10.1. The van der Waals surface area contributed by atoms with Crippen molar-refractivity contribution in [1.82, 2.24) is 10.6 Å². The Labute approximate surface area is 90.8 Å². The first-order valence-corrected chi connectivity index (χ1v) is 5.66. The molecule has 2 N–H and O–H groups in total. The second kappa shape index (κ2) is 3.37. The molecule has 4 heteroatoms. The van der Waals surface area contributed by atoms with Gasteiger partial charge in [0.1, 0.15) is 5.60 Å². The summed E-state index contributed by atoms with van der Waals surface area (Å²) in [6.45, 7) is 6.64. The Hall–Kier alpha value is -0.770. The van der Waals surface area contributed by atoms with Crippen LogP contribution in [-0.2, 0) is 4.74 Å². The van der Waals surface area contributed by atoms with E-state index in [2.05, 4.69) is 10.6 Å². The lowest BCUT2D eigenvalue weighted by Crippen LogP contribution is -2.46. The monoisotopic (exact) mass is 212 g/mol. The molecule has 1 aliphatic heterocycles. The van der Waals surface area contributed by atoms with Crippen LogP contribution in [0.1, 0.15) is 40.0 Å². The topological polar surface area (TPSA) is 50.4 Å². The van der Waals surface area contributed by atoms with E-state index < -0.39 is 5.60 Å². The number of carbonyl (C=O) groups is 1. The highest BCUT2D eigenvalue weighted by Gasteiger charge is 2.52. The summed E-state index contributed by atoms with van der Waals surface area (Å²) in [5, 5.41) is 6.42. The third-order valence-electron chi connectivity index (χ3n) is 3.06. The second-order valence-corrected chi connectivity index (χ2v) is 5.57. The number of rotatable bonds is 1. The van der Waals surface area contributed by atoms with Gasteiger partial charge in [-0.1, -0.05) is 0 Å². The van der Waals surface area contributed by atoms with Crippen LogP contribution in [0.5, 0.6) is 0 Å². The van der Waals surface area contributed by atoms with Crippen molar-refractivity contribution in [3.05, 3.63) is 0 Å². The van der Waals surface area contributed by atoms with Gasteiger partial charge in [0, 0.05) is 5.54 Å². The zero-order valence-electron chi connectivity index (χ0n) is 9.72. The largest absolute Gasteiger partial charge is 0.444 e. The number of amides is 1. The SMILES string of the molecule is CC(C)(C)OC(=O)NC1CCNC12CC2. The van der Waals surface area contributed by atoms with E-state index in [0.29, 0.717) is 0 Å². The van der Waals surface area contributed by atoms with Gasteiger partial charge in [-0.05, 0) is 46.6 Å². The first-order valence-electron chi connectivity index (χ1n) is 5.66. The van der Waals surface area contributed by atoms with E-state index in [1.54, 1.807) is 0 Å². The van der Waals surface area contributed by atoms with Crippen LogP contribution in [-0.4, -0.2) is 29.8 Å². The number of hydrogen-bond donors (Lipinski definition) is 2. The lowest BCUT2D eigenvalue weighted by Gasteiger charge is -2.24. The maximum Gasteiger partial charge on any atom is 0.407 e. The van der Waals surface area contributed by atoms with Crippen molar-refractivity contribution in [3.63, 3.8) is 0 Å². The summed E-state index contributed by atoms with van der Waals surface area (Å²) < 4.78 is 5.24. The average molecular weight is 212 g/mol. The maximum atomic E-state index is 11.6. The van der Waals surface area contributed by atoms with Crippen molar-refractivity contribution in [3.8, 4) is 0 Å². The molecule has 1 amide bonds. The molecule has 0 bridgehead atoms. The minimum absolute atomic E-state index is 0.205. The van der Waals surface area contributed by atoms with E-state index in [0.717, 1.165) is 13.0 Å². The van der Waals surface area contributed by atoms with Gasteiger partial charge in [0.15, 0.2) is 0 Å². The van der Waals surface area contributed by atoms with Gasteiger partial charge in [0.05, 0.1) is 6.04 Å². The van der Waals surface area contributed by atoms with E-state index in [1.165, 1.54) is 12.8 Å². The van der Waals surface area contributed by atoms with Crippen LogP contribution < -0.4 is 10.6 Å². The third-order valence-corrected chi connectivity index (χ3v) is 3.06. The molecule has 1 unspecified atom stereocenters. The van der Waals surface area contributed by atoms with Crippen LogP contribution in [0.15, 0.2) is 0 Å². The lowest BCUT2D eigenvalue weighted by molar-refractivity contribution is 0.0497. The summed E-state index contributed by atoms with van der Waals surface area (Å²) in [4.78, 5) is 11.6. The van der Waals surface area contributed by atoms with E-state index in [4.69, 9.17) is 4.74 Å². The fourth-order valence-electron chi connectivity index (χ4n) is 2.18. The zero-order chi connectivity index (χ0) is 11.1. The summed E-state index contributed by atoms with van der Waals surface area (Å²) in [5.41, 5.74) is -0.205. The van der Waals surface area contributed by atoms with Crippen molar-refractivity contribution in [1.29, 1.82) is 0 Å². The highest BCUT2D eigenvalue weighted by atomic mass is 16.6. The van der Waals surface area contributed by atoms with Gasteiger partial charge >= 0.3 is 6.09 Å². The molecule has 0 aromatic carbocycles. The Balaban J connectivity index is 1.84. The van der Waals surface area contributed by atoms with Gasteiger partial charge in [-0.2, -0.15) is 0 Å². The predicted octanol–water partition coefficient (Wildman–Crippen LogP) is 1.41. The van der Waals surface area contributed by atoms with Crippen LogP contribution in [0.3, 0.4) is 0 Å². The van der Waals surface area contributed by atoms with Crippen LogP contribution >= 0.6 is 0 Å². The fourth-order valence-corrected chi connectivity index (χ4v) is 2.18. The van der Waals surface area contributed by atoms with Crippen LogP contribution in [0.2, 0.25) is 0 Å². The molecule has 15 heavy (non-hydrogen) atoms. The Bertz CT molecular complexity index is 266. The second-order valence-electron chi connectivity index (χ2n) is 5.57. The molecule has 0 aromatic heterocycles. The highest BCUT2D eigenvalue weighted by Crippen LogP contribution is 2.42. The molecule has 2 fully saturated rings. The summed E-state index contributed by atoms with van der Waals surface area (Å²) in [6.07, 6.45) is 3.07. The molecular weight excluding hydrogens is 192 g/mol. The van der Waals surface area contributed by atoms with Crippen molar-refractivity contribution in [2.75, 3.05) is 6.54 Å². The predicted molar refractivity (Wildman–Crippen MR) is 57.7 cm³/mol. The Morgan fingerprint density at radius 3 is 2.67 bits per heavy atom. The summed E-state index contributed by atoms with van der Waals surface area (Å²) in [6, 6.07) is 0.257. The van der Waals surface area contributed by atoms with E-state index in [1.807, 2.05) is 20.8 Å². The van der Waals surface area contributed by atoms with Gasteiger partial charge < -0.3 is 15.4 Å². The van der Waals surface area contributed by atoms with Gasteiger partial charge in [0.25, 0.3) is 0 Å². The number of nitrogens with one attached hydrogen (secondary N) is 2. The van der Waals surface area contributed by atoms with E-state index in [9.17, 15) is 4.79 Å². The molecule has 1 saturated heterocycles. The van der Waals surface area contributed by atoms with E-state index in [-0.39, 0.29) is 17.7 Å². The third kappa shape index (κ3) is 2.43. The van der Waals surface area contributed by atoms with Crippen LogP contribution in [0, 0.1) is 0 Å². The number of carbonyl (C=O) groups excluding carboxylic acids is 1. The smallest absolute Gasteiger partial charge is 0.407 e. The summed E-state index contributed by atoms with van der Waals surface area (Å²) in [7, 11) is 0. The highest BCUT2D eigenvalue weighted by molar-refractivity contribution is 5.68. The van der Waals surface area contributed by atoms with Gasteiger partial charge in [-0.3, -0.25) is 0 Å². The normalized spacial score (nSPS) is 27.8. The molecule has 86 valence electrons. The Kier molecular flexibility index (Phi) is 2.41. The van der Waals surface area contributed by atoms with Gasteiger partial charge in [-0.15, -0.1) is 0 Å². The van der Waals surface area contributed by atoms with Crippen LogP contribution in [0.25, 0.3) is 0 Å². The molecule has 1 heterocycles. The Morgan fingerprint density at radius 2 is 2.13 bits per heavy atom. The zero-order valence-corrected chi connectivity index (χ0v) is 9.72. The van der Waals surface area contributed by atoms with Crippen molar-refractivity contribution in [2.45, 2.75) is 57.2 Å². The van der Waals surface area contributed by atoms with E-state index >= 15 is 0 Å². The first kappa shape index (κ1) is 10.7. The molecule has 1 spiro atoms. The molecule has 2 rings (SSSR count). The van der Waals surface area contributed by atoms with Gasteiger partial charge in [-0.25, -0.2) is 4.79 Å². The van der Waals surface area contributed by atoms with Gasteiger partial charge in [0.2, 0.25) is 0 Å². The summed E-state index contributed by atoms with van der Waals surface area (Å²) in [5.74, 6) is 0. The van der Waals surface area contributed by atoms with Crippen LogP contribution in [0.4, 0.5) is 4.79 Å². The van der Waals surface area contributed by atoms with Crippen molar-refractivity contribution < 1.29 is 9.53 Å². The minimum Gasteiger partial charge on any atom is -0.444 e. The fraction of sp³-hybridized carbons (Fsp3) is 0.909. The average Bonchev–Trinajstić information content (AvgIpc) is 2.70. The number of alkyl carbamates (subject to hydrolysis) is 1. The molecular formula is C11H20N2O2. The molecule has 1 saturated carbocycles. The molecule has 0 radical (unpaired) electrons.